The Bertz CT molecular complexity index is 369. The molecule has 0 N–H and O–H groups in total. The van der Waals surface area contributed by atoms with Gasteiger partial charge in [0.25, 0.3) is 0 Å². The van der Waals surface area contributed by atoms with Crippen LogP contribution in [0.2, 0.25) is 0 Å². The zero-order chi connectivity index (χ0) is 11.5. The second-order valence-electron chi connectivity index (χ2n) is 4.23. The summed E-state index contributed by atoms with van der Waals surface area (Å²) in [6.45, 7) is 2.91. The molecule has 2 rings (SSSR count). The van der Waals surface area contributed by atoms with Gasteiger partial charge in [0.1, 0.15) is 0 Å². The molecular formula is C12H15BrN2O. The van der Waals surface area contributed by atoms with Gasteiger partial charge < -0.3 is 4.90 Å². The van der Waals surface area contributed by atoms with Crippen molar-refractivity contribution in [3.8, 4) is 0 Å². The van der Waals surface area contributed by atoms with Crippen LogP contribution in [0.4, 0.5) is 0 Å². The SMILES string of the molecule is CC(c1cccnc1)N1CC(CBr)CC1=O. The molecule has 0 aromatic carbocycles. The Morgan fingerprint density at radius 3 is 3.06 bits per heavy atom. The molecule has 0 saturated carbocycles. The summed E-state index contributed by atoms with van der Waals surface area (Å²) in [5.41, 5.74) is 1.10. The van der Waals surface area contributed by atoms with Gasteiger partial charge >= 0.3 is 0 Å². The van der Waals surface area contributed by atoms with Gasteiger partial charge in [-0.3, -0.25) is 9.78 Å². The van der Waals surface area contributed by atoms with Crippen LogP contribution in [0.1, 0.15) is 24.9 Å². The molecular weight excluding hydrogens is 268 g/mol. The average molecular weight is 283 g/mol. The first-order valence-electron chi connectivity index (χ1n) is 5.47. The second-order valence-corrected chi connectivity index (χ2v) is 4.88. The van der Waals surface area contributed by atoms with Crippen LogP contribution in [0.3, 0.4) is 0 Å². The highest BCUT2D eigenvalue weighted by molar-refractivity contribution is 9.09. The number of halogens is 1. The minimum absolute atomic E-state index is 0.130. The van der Waals surface area contributed by atoms with E-state index in [0.717, 1.165) is 17.4 Å². The summed E-state index contributed by atoms with van der Waals surface area (Å²) >= 11 is 3.45. The van der Waals surface area contributed by atoms with Gasteiger partial charge in [0.2, 0.25) is 5.91 Å². The Labute approximate surface area is 104 Å². The summed E-state index contributed by atoms with van der Waals surface area (Å²) in [6, 6.07) is 4.06. The van der Waals surface area contributed by atoms with Crippen molar-refractivity contribution in [3.63, 3.8) is 0 Å². The molecule has 1 amide bonds. The maximum atomic E-state index is 11.8. The second kappa shape index (κ2) is 4.95. The third-order valence-electron chi connectivity index (χ3n) is 3.09. The summed E-state index contributed by atoms with van der Waals surface area (Å²) in [4.78, 5) is 17.9. The Morgan fingerprint density at radius 2 is 2.50 bits per heavy atom. The van der Waals surface area contributed by atoms with E-state index in [1.165, 1.54) is 0 Å². The monoisotopic (exact) mass is 282 g/mol. The van der Waals surface area contributed by atoms with Crippen LogP contribution < -0.4 is 0 Å². The van der Waals surface area contributed by atoms with E-state index in [1.54, 1.807) is 6.20 Å². The van der Waals surface area contributed by atoms with Crippen LogP contribution in [-0.4, -0.2) is 27.7 Å². The highest BCUT2D eigenvalue weighted by Crippen LogP contribution is 2.28. The predicted octanol–water partition coefficient (Wildman–Crippen LogP) is 2.39. The van der Waals surface area contributed by atoms with E-state index in [0.29, 0.717) is 12.3 Å². The molecule has 2 atom stereocenters. The van der Waals surface area contributed by atoms with Gasteiger partial charge in [-0.05, 0) is 24.5 Å². The smallest absolute Gasteiger partial charge is 0.223 e. The molecule has 4 heteroatoms. The number of rotatable bonds is 3. The molecule has 0 aliphatic carbocycles. The molecule has 1 aromatic rings. The lowest BCUT2D eigenvalue weighted by atomic mass is 10.1. The molecule has 1 aliphatic rings. The van der Waals surface area contributed by atoms with E-state index < -0.39 is 0 Å². The third-order valence-corrected chi connectivity index (χ3v) is 4.01. The Morgan fingerprint density at radius 1 is 1.69 bits per heavy atom. The van der Waals surface area contributed by atoms with E-state index in [2.05, 4.69) is 27.8 Å². The van der Waals surface area contributed by atoms with Gasteiger partial charge in [-0.25, -0.2) is 0 Å². The van der Waals surface area contributed by atoms with Crippen molar-refractivity contribution in [1.82, 2.24) is 9.88 Å². The van der Waals surface area contributed by atoms with E-state index in [1.807, 2.05) is 23.2 Å². The number of alkyl halides is 1. The van der Waals surface area contributed by atoms with E-state index in [9.17, 15) is 4.79 Å². The minimum Gasteiger partial charge on any atom is -0.336 e. The lowest BCUT2D eigenvalue weighted by molar-refractivity contribution is -0.129. The van der Waals surface area contributed by atoms with Gasteiger partial charge in [0, 0.05) is 30.7 Å². The zero-order valence-electron chi connectivity index (χ0n) is 9.27. The summed E-state index contributed by atoms with van der Waals surface area (Å²) in [6.07, 6.45) is 4.25. The van der Waals surface area contributed by atoms with Gasteiger partial charge in [0.05, 0.1) is 6.04 Å². The van der Waals surface area contributed by atoms with Gasteiger partial charge in [-0.1, -0.05) is 22.0 Å². The lowest BCUT2D eigenvalue weighted by Gasteiger charge is -2.24. The Hall–Kier alpha value is -0.900. The fraction of sp³-hybridized carbons (Fsp3) is 0.500. The maximum absolute atomic E-state index is 11.8. The summed E-state index contributed by atoms with van der Waals surface area (Å²) < 4.78 is 0. The van der Waals surface area contributed by atoms with Crippen molar-refractivity contribution >= 4 is 21.8 Å². The zero-order valence-corrected chi connectivity index (χ0v) is 10.9. The number of pyridine rings is 1. The van der Waals surface area contributed by atoms with Gasteiger partial charge in [-0.15, -0.1) is 0 Å². The largest absolute Gasteiger partial charge is 0.336 e. The normalized spacial score (nSPS) is 22.5. The minimum atomic E-state index is 0.130. The fourth-order valence-corrected chi connectivity index (χ4v) is 2.52. The highest BCUT2D eigenvalue weighted by Gasteiger charge is 2.32. The van der Waals surface area contributed by atoms with Crippen LogP contribution in [0.25, 0.3) is 0 Å². The first-order valence-corrected chi connectivity index (χ1v) is 6.60. The number of carbonyl (C=O) groups is 1. The highest BCUT2D eigenvalue weighted by atomic mass is 79.9. The molecule has 86 valence electrons. The summed E-state index contributed by atoms with van der Waals surface area (Å²) in [5.74, 6) is 0.701. The molecule has 2 unspecified atom stereocenters. The Balaban J connectivity index is 2.11. The number of amides is 1. The van der Waals surface area contributed by atoms with Crippen molar-refractivity contribution in [3.05, 3.63) is 30.1 Å². The number of aromatic nitrogens is 1. The molecule has 0 spiro atoms. The number of hydrogen-bond donors (Lipinski definition) is 0. The molecule has 16 heavy (non-hydrogen) atoms. The van der Waals surface area contributed by atoms with Crippen LogP contribution >= 0.6 is 15.9 Å². The van der Waals surface area contributed by atoms with Crippen molar-refractivity contribution in [2.24, 2.45) is 5.92 Å². The van der Waals surface area contributed by atoms with Crippen molar-refractivity contribution in [2.45, 2.75) is 19.4 Å². The van der Waals surface area contributed by atoms with Crippen molar-refractivity contribution in [1.29, 1.82) is 0 Å². The van der Waals surface area contributed by atoms with Crippen molar-refractivity contribution in [2.75, 3.05) is 11.9 Å². The molecule has 1 saturated heterocycles. The molecule has 0 bridgehead atoms. The first kappa shape index (κ1) is 11.6. The predicted molar refractivity (Wildman–Crippen MR) is 66.3 cm³/mol. The van der Waals surface area contributed by atoms with Crippen molar-refractivity contribution < 1.29 is 4.79 Å². The van der Waals surface area contributed by atoms with E-state index >= 15 is 0 Å². The fourth-order valence-electron chi connectivity index (χ4n) is 2.09. The third kappa shape index (κ3) is 2.26. The quantitative estimate of drug-likeness (QED) is 0.798. The maximum Gasteiger partial charge on any atom is 0.223 e. The van der Waals surface area contributed by atoms with Crippen LogP contribution in [-0.2, 0) is 4.79 Å². The molecule has 2 heterocycles. The molecule has 0 radical (unpaired) electrons. The van der Waals surface area contributed by atoms with Crippen LogP contribution in [0.15, 0.2) is 24.5 Å². The van der Waals surface area contributed by atoms with Gasteiger partial charge in [0.15, 0.2) is 0 Å². The van der Waals surface area contributed by atoms with E-state index in [-0.39, 0.29) is 11.9 Å². The number of hydrogen-bond acceptors (Lipinski definition) is 2. The lowest BCUT2D eigenvalue weighted by Crippen LogP contribution is -2.28. The molecule has 1 aromatic heterocycles. The van der Waals surface area contributed by atoms with Crippen LogP contribution in [0, 0.1) is 5.92 Å². The Kier molecular flexibility index (Phi) is 3.59. The van der Waals surface area contributed by atoms with Crippen LogP contribution in [0.5, 0.6) is 0 Å². The topological polar surface area (TPSA) is 33.2 Å². The van der Waals surface area contributed by atoms with E-state index in [4.69, 9.17) is 0 Å². The van der Waals surface area contributed by atoms with Gasteiger partial charge in [-0.2, -0.15) is 0 Å². The first-order chi connectivity index (χ1) is 7.72. The number of likely N-dealkylation sites (tertiary alicyclic amines) is 1. The number of nitrogens with zero attached hydrogens (tertiary/aromatic N) is 2. The molecule has 1 aliphatic heterocycles. The molecule has 1 fully saturated rings. The summed E-state index contributed by atoms with van der Waals surface area (Å²) in [7, 11) is 0. The summed E-state index contributed by atoms with van der Waals surface area (Å²) in [5, 5.41) is 0.898. The standard InChI is InChI=1S/C12H15BrN2O/c1-9(11-3-2-4-14-7-11)15-8-10(6-13)5-12(15)16/h2-4,7,9-10H,5-6,8H2,1H3. The average Bonchev–Trinajstić information content (AvgIpc) is 2.71. The number of carbonyl (C=O) groups excluding carboxylic acids is 1. The molecule has 3 nitrogen and oxygen atoms in total.